The Balaban J connectivity index is 1.24. The van der Waals surface area contributed by atoms with E-state index >= 15 is 0 Å². The number of rotatable bonds is 6. The van der Waals surface area contributed by atoms with E-state index in [0.717, 1.165) is 45.0 Å². The Morgan fingerprint density at radius 2 is 1.68 bits per heavy atom. The smallest absolute Gasteiger partial charge is 0.294 e. The lowest BCUT2D eigenvalue weighted by molar-refractivity contribution is -0.136. The summed E-state index contributed by atoms with van der Waals surface area (Å²) in [5, 5.41) is 1.33. The van der Waals surface area contributed by atoms with Gasteiger partial charge in [0.25, 0.3) is 11.1 Å². The van der Waals surface area contributed by atoms with Gasteiger partial charge in [0.2, 0.25) is 5.91 Å². The third kappa shape index (κ3) is 5.22. The molecule has 0 aromatic heterocycles. The first-order valence-electron chi connectivity index (χ1n) is 13.0. The molecule has 0 radical (unpaired) electrons. The Bertz CT molecular complexity index is 1670. The van der Waals surface area contributed by atoms with Crippen molar-refractivity contribution >= 4 is 45.7 Å². The summed E-state index contributed by atoms with van der Waals surface area (Å²) in [6, 6.07) is 25.5. The summed E-state index contributed by atoms with van der Waals surface area (Å²) in [5.74, 6) is -0.558. The maximum atomic E-state index is 13.4. The Morgan fingerprint density at radius 3 is 2.50 bits per heavy atom. The minimum Gasteiger partial charge on any atom is -0.488 e. The molecule has 4 aromatic rings. The van der Waals surface area contributed by atoms with E-state index in [1.807, 2.05) is 54.6 Å². The monoisotopic (exact) mass is 552 g/mol. The van der Waals surface area contributed by atoms with Crippen molar-refractivity contribution in [3.05, 3.63) is 118 Å². The standard InChI is InChI=1S/C32H25FN2O4S/c33-25-12-9-21(10-13-25)20-39-28-14-11-23-6-3-4-8-26(23)27(28)17-29-31(37)35(32(38)40-29)19-30(36)34-16-15-22-5-1-2-7-24(22)18-34/h1-14,17H,15-16,18-20H2/b29-17-. The van der Waals surface area contributed by atoms with E-state index in [-0.39, 0.29) is 29.8 Å². The highest BCUT2D eigenvalue weighted by molar-refractivity contribution is 8.18. The zero-order chi connectivity index (χ0) is 27.6. The molecule has 40 heavy (non-hydrogen) atoms. The third-order valence-electron chi connectivity index (χ3n) is 7.16. The molecule has 2 heterocycles. The molecule has 0 spiro atoms. The van der Waals surface area contributed by atoms with Crippen LogP contribution >= 0.6 is 11.8 Å². The molecule has 200 valence electrons. The second kappa shape index (κ2) is 11.0. The second-order valence-corrected chi connectivity index (χ2v) is 10.7. The predicted molar refractivity (Wildman–Crippen MR) is 153 cm³/mol. The van der Waals surface area contributed by atoms with Gasteiger partial charge in [-0.25, -0.2) is 4.39 Å². The maximum absolute atomic E-state index is 13.4. The first-order valence-corrected chi connectivity index (χ1v) is 13.8. The summed E-state index contributed by atoms with van der Waals surface area (Å²) < 4.78 is 19.4. The number of nitrogens with zero attached hydrogens (tertiary/aromatic N) is 2. The molecule has 2 aliphatic heterocycles. The Hall–Kier alpha value is -4.43. The van der Waals surface area contributed by atoms with Crippen LogP contribution in [0.15, 0.2) is 89.8 Å². The molecule has 0 bridgehead atoms. The molecule has 0 saturated carbocycles. The highest BCUT2D eigenvalue weighted by Crippen LogP contribution is 2.37. The van der Waals surface area contributed by atoms with Crippen molar-refractivity contribution in [3.63, 3.8) is 0 Å². The zero-order valence-electron chi connectivity index (χ0n) is 21.5. The Morgan fingerprint density at radius 1 is 0.925 bits per heavy atom. The SMILES string of the molecule is O=C(CN1C(=O)S/C(=C\c2c(OCc3ccc(F)cc3)ccc3ccccc23)C1=O)N1CCc2ccccc2C1. The van der Waals surface area contributed by atoms with Gasteiger partial charge in [0.1, 0.15) is 24.7 Å². The molecule has 6 rings (SSSR count). The van der Waals surface area contributed by atoms with E-state index in [4.69, 9.17) is 4.74 Å². The normalized spacial score (nSPS) is 16.1. The number of carbonyl (C=O) groups excluding carboxylic acids is 3. The molecular formula is C32H25FN2O4S. The van der Waals surface area contributed by atoms with Crippen LogP contribution in [0.3, 0.4) is 0 Å². The van der Waals surface area contributed by atoms with Crippen LogP contribution in [-0.4, -0.2) is 39.9 Å². The molecule has 1 fully saturated rings. The fourth-order valence-corrected chi connectivity index (χ4v) is 5.82. The van der Waals surface area contributed by atoms with Gasteiger partial charge in [-0.15, -0.1) is 0 Å². The minimum atomic E-state index is -0.502. The van der Waals surface area contributed by atoms with E-state index in [0.29, 0.717) is 24.4 Å². The van der Waals surface area contributed by atoms with Gasteiger partial charge in [0.05, 0.1) is 4.91 Å². The van der Waals surface area contributed by atoms with Crippen molar-refractivity contribution in [2.75, 3.05) is 13.1 Å². The summed E-state index contributed by atoms with van der Waals surface area (Å²) in [6.07, 6.45) is 2.40. The molecule has 3 amide bonds. The number of ether oxygens (including phenoxy) is 1. The number of fused-ring (bicyclic) bond motifs is 2. The van der Waals surface area contributed by atoms with E-state index in [1.54, 1.807) is 23.1 Å². The molecule has 1 saturated heterocycles. The van der Waals surface area contributed by atoms with Gasteiger partial charge in [-0.05, 0) is 69.9 Å². The summed E-state index contributed by atoms with van der Waals surface area (Å²) >= 11 is 0.818. The number of benzene rings is 4. The fraction of sp³-hybridized carbons (Fsp3) is 0.156. The average molecular weight is 553 g/mol. The lowest BCUT2D eigenvalue weighted by Crippen LogP contribution is -2.44. The van der Waals surface area contributed by atoms with E-state index in [1.165, 1.54) is 17.7 Å². The summed E-state index contributed by atoms with van der Waals surface area (Å²) in [4.78, 5) is 42.3. The van der Waals surface area contributed by atoms with Crippen LogP contribution in [0.5, 0.6) is 5.75 Å². The van der Waals surface area contributed by atoms with Gasteiger partial charge in [0.15, 0.2) is 0 Å². The van der Waals surface area contributed by atoms with Gasteiger partial charge in [-0.2, -0.15) is 0 Å². The summed E-state index contributed by atoms with van der Waals surface area (Å²) in [7, 11) is 0. The molecule has 0 unspecified atom stereocenters. The Kier molecular flexibility index (Phi) is 7.09. The van der Waals surface area contributed by atoms with Crippen molar-refractivity contribution in [2.45, 2.75) is 19.6 Å². The third-order valence-corrected chi connectivity index (χ3v) is 8.07. The van der Waals surface area contributed by atoms with Gasteiger partial charge >= 0.3 is 0 Å². The van der Waals surface area contributed by atoms with Crippen molar-refractivity contribution < 1.29 is 23.5 Å². The number of thioether (sulfide) groups is 1. The number of halogens is 1. The Labute approximate surface area is 235 Å². The molecule has 4 aromatic carbocycles. The van der Waals surface area contributed by atoms with Crippen LogP contribution in [0.25, 0.3) is 16.8 Å². The molecule has 0 N–H and O–H groups in total. The van der Waals surface area contributed by atoms with Crippen molar-refractivity contribution in [3.8, 4) is 5.75 Å². The second-order valence-electron chi connectivity index (χ2n) is 9.72. The van der Waals surface area contributed by atoms with Crippen molar-refractivity contribution in [2.24, 2.45) is 0 Å². The number of hydrogen-bond donors (Lipinski definition) is 0. The molecular weight excluding hydrogens is 527 g/mol. The summed E-state index contributed by atoms with van der Waals surface area (Å²) in [6.45, 7) is 0.917. The van der Waals surface area contributed by atoms with Crippen LogP contribution in [0.1, 0.15) is 22.3 Å². The topological polar surface area (TPSA) is 66.9 Å². The highest BCUT2D eigenvalue weighted by atomic mass is 32.2. The average Bonchev–Trinajstić information content (AvgIpc) is 3.24. The maximum Gasteiger partial charge on any atom is 0.294 e. The molecule has 6 nitrogen and oxygen atoms in total. The largest absolute Gasteiger partial charge is 0.488 e. The summed E-state index contributed by atoms with van der Waals surface area (Å²) in [5.41, 5.74) is 3.75. The molecule has 0 atom stereocenters. The van der Waals surface area contributed by atoms with Crippen LogP contribution in [0, 0.1) is 5.82 Å². The van der Waals surface area contributed by atoms with Gasteiger partial charge in [-0.3, -0.25) is 19.3 Å². The molecule has 0 aliphatic carbocycles. The van der Waals surface area contributed by atoms with E-state index in [2.05, 4.69) is 6.07 Å². The van der Waals surface area contributed by atoms with Gasteiger partial charge in [-0.1, -0.05) is 66.7 Å². The zero-order valence-corrected chi connectivity index (χ0v) is 22.3. The molecule has 2 aliphatic rings. The number of amides is 3. The number of imide groups is 1. The van der Waals surface area contributed by atoms with Crippen molar-refractivity contribution in [1.82, 2.24) is 9.80 Å². The van der Waals surface area contributed by atoms with E-state index in [9.17, 15) is 18.8 Å². The number of carbonyl (C=O) groups is 3. The van der Waals surface area contributed by atoms with Crippen molar-refractivity contribution in [1.29, 1.82) is 0 Å². The van der Waals surface area contributed by atoms with Crippen LogP contribution in [0.4, 0.5) is 9.18 Å². The van der Waals surface area contributed by atoms with Gasteiger partial charge in [0, 0.05) is 18.7 Å². The number of hydrogen-bond acceptors (Lipinski definition) is 5. The quantitative estimate of drug-likeness (QED) is 0.267. The molecule has 8 heteroatoms. The lowest BCUT2D eigenvalue weighted by Gasteiger charge is -2.29. The fourth-order valence-electron chi connectivity index (χ4n) is 5.00. The highest BCUT2D eigenvalue weighted by Gasteiger charge is 2.37. The van der Waals surface area contributed by atoms with Crippen LogP contribution in [0.2, 0.25) is 0 Å². The lowest BCUT2D eigenvalue weighted by atomic mass is 10.00. The predicted octanol–water partition coefficient (Wildman–Crippen LogP) is 6.18. The first kappa shape index (κ1) is 25.8. The van der Waals surface area contributed by atoms with Crippen LogP contribution in [-0.2, 0) is 29.2 Å². The van der Waals surface area contributed by atoms with Crippen LogP contribution < -0.4 is 4.74 Å². The van der Waals surface area contributed by atoms with Gasteiger partial charge < -0.3 is 9.64 Å². The minimum absolute atomic E-state index is 0.203. The van der Waals surface area contributed by atoms with E-state index < -0.39 is 11.1 Å². The first-order chi connectivity index (χ1) is 19.5.